The van der Waals surface area contributed by atoms with Gasteiger partial charge in [-0.2, -0.15) is 0 Å². The van der Waals surface area contributed by atoms with Crippen LogP contribution < -0.4 is 10.1 Å². The van der Waals surface area contributed by atoms with Crippen LogP contribution in [-0.2, 0) is 0 Å². The summed E-state index contributed by atoms with van der Waals surface area (Å²) in [4.78, 5) is 14.8. The van der Waals surface area contributed by atoms with E-state index in [1.54, 1.807) is 0 Å². The van der Waals surface area contributed by atoms with E-state index < -0.39 is 0 Å². The van der Waals surface area contributed by atoms with E-state index in [2.05, 4.69) is 17.1 Å². The highest BCUT2D eigenvalue weighted by Crippen LogP contribution is 2.35. The van der Waals surface area contributed by atoms with Crippen LogP contribution in [0, 0.1) is 6.92 Å². The van der Waals surface area contributed by atoms with Gasteiger partial charge < -0.3 is 15.0 Å². The van der Waals surface area contributed by atoms with Crippen LogP contribution in [0.3, 0.4) is 0 Å². The third-order valence-corrected chi connectivity index (χ3v) is 4.49. The molecule has 2 aliphatic heterocycles. The Morgan fingerprint density at radius 3 is 2.65 bits per heavy atom. The summed E-state index contributed by atoms with van der Waals surface area (Å²) in [7, 11) is 0. The molecule has 0 amide bonds. The largest absolute Gasteiger partial charge is 0.486 e. The monoisotopic (exact) mass is 360 g/mol. The lowest BCUT2D eigenvalue weighted by molar-refractivity contribution is 0.0387. The Morgan fingerprint density at radius 1 is 1.26 bits per heavy atom. The molecule has 4 nitrogen and oxygen atoms in total. The number of fused-ring (bicyclic) bond motifs is 1. The number of ether oxygens (including phenoxy) is 1. The minimum Gasteiger partial charge on any atom is -0.486 e. The van der Waals surface area contributed by atoms with Crippen LogP contribution in [0.2, 0.25) is 0 Å². The van der Waals surface area contributed by atoms with E-state index in [1.165, 1.54) is 0 Å². The van der Waals surface area contributed by atoms with Crippen molar-refractivity contribution in [1.29, 1.82) is 0 Å². The molecule has 1 N–H and O–H groups in total. The third kappa shape index (κ3) is 4.83. The predicted molar refractivity (Wildman–Crippen MR) is 97.6 cm³/mol. The fraction of sp³-hybridized carbons (Fsp3) is 0.588. The zero-order valence-electron chi connectivity index (χ0n) is 13.8. The Hall–Kier alpha value is -0.810. The second kappa shape index (κ2) is 8.34. The highest BCUT2D eigenvalue weighted by molar-refractivity contribution is 6.00. The molecule has 0 spiro atoms. The molecule has 1 aromatic carbocycles. The number of carbonyl (C=O) groups is 1. The highest BCUT2D eigenvalue weighted by atomic mass is 35.5. The zero-order valence-corrected chi connectivity index (χ0v) is 15.4. The molecule has 2 heterocycles. The number of nitrogens with one attached hydrogen (secondary N) is 1. The number of nitrogens with zero attached hydrogens (tertiary/aromatic N) is 1. The van der Waals surface area contributed by atoms with Gasteiger partial charge in [0.2, 0.25) is 0 Å². The van der Waals surface area contributed by atoms with Crippen LogP contribution in [0.4, 0.5) is 0 Å². The summed E-state index contributed by atoms with van der Waals surface area (Å²) < 4.78 is 6.20. The average Bonchev–Trinajstić information content (AvgIpc) is 2.46. The van der Waals surface area contributed by atoms with Crippen molar-refractivity contribution in [1.82, 2.24) is 10.2 Å². The second-order valence-corrected chi connectivity index (χ2v) is 6.49. The number of ketones is 1. The lowest BCUT2D eigenvalue weighted by Crippen LogP contribution is -2.47. The summed E-state index contributed by atoms with van der Waals surface area (Å²) in [5.41, 5.74) is 1.50. The summed E-state index contributed by atoms with van der Waals surface area (Å²) in [5.74, 6) is 0.966. The van der Waals surface area contributed by atoms with Crippen LogP contribution in [0.1, 0.15) is 35.7 Å². The topological polar surface area (TPSA) is 41.6 Å². The van der Waals surface area contributed by atoms with Crippen LogP contribution >= 0.6 is 24.8 Å². The van der Waals surface area contributed by atoms with Crippen molar-refractivity contribution in [3.05, 3.63) is 29.3 Å². The summed E-state index contributed by atoms with van der Waals surface area (Å²) in [6, 6.07) is 5.85. The summed E-state index contributed by atoms with van der Waals surface area (Å²) in [6.07, 6.45) is 1.38. The number of rotatable bonds is 3. The molecule has 1 aromatic rings. The molecule has 1 saturated heterocycles. The predicted octanol–water partition coefficient (Wildman–Crippen LogP) is 2.86. The van der Waals surface area contributed by atoms with E-state index in [1.807, 2.05) is 25.1 Å². The minimum atomic E-state index is -0.372. The van der Waals surface area contributed by atoms with E-state index in [0.717, 1.165) is 56.0 Å². The molecule has 3 rings (SSSR count). The molecule has 0 radical (unpaired) electrons. The van der Waals surface area contributed by atoms with Crippen LogP contribution in [-0.4, -0.2) is 49.0 Å². The van der Waals surface area contributed by atoms with Gasteiger partial charge in [0.1, 0.15) is 11.4 Å². The lowest BCUT2D eigenvalue weighted by atomic mass is 9.88. The first kappa shape index (κ1) is 20.2. The van der Waals surface area contributed by atoms with Gasteiger partial charge in [-0.05, 0) is 38.0 Å². The summed E-state index contributed by atoms with van der Waals surface area (Å²) >= 11 is 0. The molecule has 0 saturated carbocycles. The normalized spacial score (nSPS) is 24.0. The maximum atomic E-state index is 12.4. The van der Waals surface area contributed by atoms with Gasteiger partial charge in [-0.3, -0.25) is 4.79 Å². The Bertz CT molecular complexity index is 547. The van der Waals surface area contributed by atoms with E-state index in [9.17, 15) is 4.79 Å². The smallest absolute Gasteiger partial charge is 0.170 e. The van der Waals surface area contributed by atoms with Gasteiger partial charge in [-0.1, -0.05) is 6.07 Å². The minimum absolute atomic E-state index is 0. The molecule has 130 valence electrons. The van der Waals surface area contributed by atoms with Crippen molar-refractivity contribution in [2.24, 2.45) is 0 Å². The number of Topliss-reactive ketones (excluding diaryl/α,β-unsaturated/α-hetero) is 1. The van der Waals surface area contributed by atoms with Crippen LogP contribution in [0.15, 0.2) is 18.2 Å². The SMILES string of the molecule is Cc1ccc2c(c1)OC(C)(CCN1CCNCC1)CC2=O.Cl.Cl. The molecular formula is C17H26Cl2N2O2. The fourth-order valence-electron chi connectivity index (χ4n) is 3.15. The first-order chi connectivity index (χ1) is 10.1. The molecule has 0 aromatic heterocycles. The van der Waals surface area contributed by atoms with Crippen molar-refractivity contribution in [2.45, 2.75) is 32.3 Å². The average molecular weight is 361 g/mol. The van der Waals surface area contributed by atoms with E-state index in [0.29, 0.717) is 6.42 Å². The quantitative estimate of drug-likeness (QED) is 0.899. The second-order valence-electron chi connectivity index (χ2n) is 6.49. The molecule has 6 heteroatoms. The first-order valence-electron chi connectivity index (χ1n) is 7.82. The number of aryl methyl sites for hydroxylation is 1. The lowest BCUT2D eigenvalue weighted by Gasteiger charge is -2.37. The molecule has 1 unspecified atom stereocenters. The molecule has 2 aliphatic rings. The van der Waals surface area contributed by atoms with Gasteiger partial charge in [0.15, 0.2) is 5.78 Å². The number of hydrogen-bond acceptors (Lipinski definition) is 4. The van der Waals surface area contributed by atoms with Crippen molar-refractivity contribution in [3.63, 3.8) is 0 Å². The van der Waals surface area contributed by atoms with Gasteiger partial charge in [0.05, 0.1) is 12.0 Å². The maximum absolute atomic E-state index is 12.4. The Balaban J connectivity index is 0.00000132. The molecule has 0 aliphatic carbocycles. The highest BCUT2D eigenvalue weighted by Gasteiger charge is 2.36. The van der Waals surface area contributed by atoms with E-state index in [4.69, 9.17) is 4.74 Å². The van der Waals surface area contributed by atoms with Crippen LogP contribution in [0.5, 0.6) is 5.75 Å². The molecule has 0 bridgehead atoms. The van der Waals surface area contributed by atoms with E-state index >= 15 is 0 Å². The number of piperazine rings is 1. The molecule has 23 heavy (non-hydrogen) atoms. The Labute approximate surface area is 150 Å². The number of benzene rings is 1. The maximum Gasteiger partial charge on any atom is 0.170 e. The number of carbonyl (C=O) groups excluding carboxylic acids is 1. The molecule has 1 atom stereocenters. The van der Waals surface area contributed by atoms with Gasteiger partial charge in [-0.25, -0.2) is 0 Å². The van der Waals surface area contributed by atoms with Crippen molar-refractivity contribution in [2.75, 3.05) is 32.7 Å². The van der Waals surface area contributed by atoms with Crippen molar-refractivity contribution >= 4 is 30.6 Å². The van der Waals surface area contributed by atoms with Crippen molar-refractivity contribution < 1.29 is 9.53 Å². The third-order valence-electron chi connectivity index (χ3n) is 4.49. The van der Waals surface area contributed by atoms with Crippen LogP contribution in [0.25, 0.3) is 0 Å². The number of halogens is 2. The fourth-order valence-corrected chi connectivity index (χ4v) is 3.15. The summed E-state index contributed by atoms with van der Waals surface area (Å²) in [6.45, 7) is 9.36. The van der Waals surface area contributed by atoms with Gasteiger partial charge in [0.25, 0.3) is 0 Å². The number of hydrogen-bond donors (Lipinski definition) is 1. The summed E-state index contributed by atoms with van der Waals surface area (Å²) in [5, 5.41) is 3.36. The van der Waals surface area contributed by atoms with Gasteiger partial charge in [0, 0.05) is 32.7 Å². The molecular weight excluding hydrogens is 335 g/mol. The van der Waals surface area contributed by atoms with Crippen molar-refractivity contribution in [3.8, 4) is 5.75 Å². The zero-order chi connectivity index (χ0) is 14.9. The Kier molecular flexibility index (Phi) is 7.33. The van der Waals surface area contributed by atoms with E-state index in [-0.39, 0.29) is 36.2 Å². The van der Waals surface area contributed by atoms with Gasteiger partial charge in [-0.15, -0.1) is 24.8 Å². The Morgan fingerprint density at radius 2 is 1.96 bits per heavy atom. The standard InChI is InChI=1S/C17H24N2O2.2ClH/c1-13-3-4-14-15(20)12-17(2,21-16(14)11-13)5-8-19-9-6-18-7-10-19;;/h3-4,11,18H,5-10,12H2,1-2H3;2*1H. The first-order valence-corrected chi connectivity index (χ1v) is 7.82. The van der Waals surface area contributed by atoms with Gasteiger partial charge >= 0.3 is 0 Å². The molecule has 1 fully saturated rings.